The van der Waals surface area contributed by atoms with Gasteiger partial charge in [0.1, 0.15) is 11.4 Å². The maximum absolute atomic E-state index is 11.6. The van der Waals surface area contributed by atoms with E-state index < -0.39 is 6.09 Å². The van der Waals surface area contributed by atoms with Crippen molar-refractivity contribution >= 4 is 11.8 Å². The number of benzene rings is 1. The van der Waals surface area contributed by atoms with Gasteiger partial charge in [0, 0.05) is 5.56 Å². The molecule has 2 rings (SSSR count). The minimum absolute atomic E-state index is 0.421. The van der Waals surface area contributed by atoms with E-state index in [9.17, 15) is 4.79 Å². The number of amides is 1. The molecule has 0 saturated heterocycles. The zero-order valence-electron chi connectivity index (χ0n) is 13.3. The van der Waals surface area contributed by atoms with E-state index in [1.807, 2.05) is 24.3 Å². The first kappa shape index (κ1) is 15.9. The molecule has 0 fully saturated rings. The fourth-order valence-electron chi connectivity index (χ4n) is 2.26. The van der Waals surface area contributed by atoms with Gasteiger partial charge in [-0.2, -0.15) is 5.10 Å². The Morgan fingerprint density at radius 2 is 2.05 bits per heavy atom. The number of ether oxygens (including phenoxy) is 2. The highest BCUT2D eigenvalue weighted by atomic mass is 16.5. The number of nitrogens with zero attached hydrogens (tertiary/aromatic N) is 1. The van der Waals surface area contributed by atoms with Gasteiger partial charge in [-0.25, -0.2) is 4.79 Å². The number of nitrogens with one attached hydrogen (secondary N) is 2. The van der Waals surface area contributed by atoms with Crippen LogP contribution in [0.3, 0.4) is 0 Å². The fraction of sp³-hybridized carbons (Fsp3) is 0.375. The SMILES string of the molecule is COC(=O)Nc1c(-c2ccccc2OC)n[nH]c1CC(C)C. The number of para-hydroxylation sites is 1. The summed E-state index contributed by atoms with van der Waals surface area (Å²) >= 11 is 0. The molecule has 0 aliphatic rings. The summed E-state index contributed by atoms with van der Waals surface area (Å²) in [6.07, 6.45) is 0.240. The number of rotatable bonds is 5. The standard InChI is InChI=1S/C16H21N3O3/c1-10(2)9-12-15(17-16(20)22-4)14(19-18-12)11-7-5-6-8-13(11)21-3/h5-8,10H,9H2,1-4H3,(H,17,20)(H,18,19). The topological polar surface area (TPSA) is 76.2 Å². The molecule has 2 N–H and O–H groups in total. The van der Waals surface area contributed by atoms with E-state index in [0.29, 0.717) is 23.0 Å². The summed E-state index contributed by atoms with van der Waals surface area (Å²) in [7, 11) is 2.94. The molecule has 0 spiro atoms. The Kier molecular flexibility index (Phi) is 5.04. The third-order valence-corrected chi connectivity index (χ3v) is 3.23. The van der Waals surface area contributed by atoms with Gasteiger partial charge >= 0.3 is 6.09 Å². The van der Waals surface area contributed by atoms with Gasteiger partial charge in [0.05, 0.1) is 25.6 Å². The van der Waals surface area contributed by atoms with Gasteiger partial charge in [-0.1, -0.05) is 26.0 Å². The second-order valence-corrected chi connectivity index (χ2v) is 5.34. The lowest BCUT2D eigenvalue weighted by Crippen LogP contribution is -2.13. The Balaban J connectivity index is 2.50. The average Bonchev–Trinajstić information content (AvgIpc) is 2.88. The first-order valence-corrected chi connectivity index (χ1v) is 7.12. The van der Waals surface area contributed by atoms with Gasteiger partial charge in [-0.15, -0.1) is 0 Å². The summed E-state index contributed by atoms with van der Waals surface area (Å²) in [5.74, 6) is 1.11. The summed E-state index contributed by atoms with van der Waals surface area (Å²) in [5, 5.41) is 10.1. The van der Waals surface area contributed by atoms with Crippen LogP contribution in [0.25, 0.3) is 11.3 Å². The first-order valence-electron chi connectivity index (χ1n) is 7.12. The lowest BCUT2D eigenvalue weighted by molar-refractivity contribution is 0.187. The minimum Gasteiger partial charge on any atom is -0.496 e. The van der Waals surface area contributed by atoms with Crippen molar-refractivity contribution in [1.29, 1.82) is 0 Å². The molecule has 0 bridgehead atoms. The molecule has 0 atom stereocenters. The molecule has 118 valence electrons. The molecule has 1 heterocycles. The Morgan fingerprint density at radius 1 is 1.32 bits per heavy atom. The van der Waals surface area contributed by atoms with Crippen molar-refractivity contribution in [1.82, 2.24) is 10.2 Å². The van der Waals surface area contributed by atoms with Crippen molar-refractivity contribution in [3.05, 3.63) is 30.0 Å². The number of H-pyrrole nitrogens is 1. The second-order valence-electron chi connectivity index (χ2n) is 5.34. The summed E-state index contributed by atoms with van der Waals surface area (Å²) < 4.78 is 10.1. The molecular weight excluding hydrogens is 282 g/mol. The summed E-state index contributed by atoms with van der Waals surface area (Å²) in [4.78, 5) is 11.6. The number of hydrogen-bond acceptors (Lipinski definition) is 4. The third-order valence-electron chi connectivity index (χ3n) is 3.23. The number of anilines is 1. The van der Waals surface area contributed by atoms with Gasteiger partial charge in [0.2, 0.25) is 0 Å². The fourth-order valence-corrected chi connectivity index (χ4v) is 2.26. The quantitative estimate of drug-likeness (QED) is 0.887. The number of methoxy groups -OCH3 is 2. The molecule has 6 nitrogen and oxygen atoms in total. The zero-order chi connectivity index (χ0) is 16.1. The molecule has 0 unspecified atom stereocenters. The molecule has 0 aliphatic carbocycles. The summed E-state index contributed by atoms with van der Waals surface area (Å²) in [6.45, 7) is 4.21. The third kappa shape index (κ3) is 3.39. The van der Waals surface area contributed by atoms with Gasteiger partial charge in [0.25, 0.3) is 0 Å². The van der Waals surface area contributed by atoms with Gasteiger partial charge in [-0.05, 0) is 24.5 Å². The lowest BCUT2D eigenvalue weighted by Gasteiger charge is -2.11. The van der Waals surface area contributed by atoms with E-state index in [4.69, 9.17) is 9.47 Å². The Labute approximate surface area is 129 Å². The molecule has 0 saturated carbocycles. The molecule has 22 heavy (non-hydrogen) atoms. The predicted molar refractivity (Wildman–Crippen MR) is 85.1 cm³/mol. The second kappa shape index (κ2) is 6.98. The molecule has 1 aromatic heterocycles. The van der Waals surface area contributed by atoms with Crippen LogP contribution in [0, 0.1) is 5.92 Å². The Morgan fingerprint density at radius 3 is 2.68 bits per heavy atom. The molecular formula is C16H21N3O3. The van der Waals surface area contributed by atoms with Crippen molar-refractivity contribution < 1.29 is 14.3 Å². The molecule has 1 amide bonds. The molecule has 2 aromatic rings. The minimum atomic E-state index is -0.525. The van der Waals surface area contributed by atoms with Crippen LogP contribution >= 0.6 is 0 Å². The number of aromatic amines is 1. The van der Waals surface area contributed by atoms with Crippen LogP contribution in [0.4, 0.5) is 10.5 Å². The van der Waals surface area contributed by atoms with Gasteiger partial charge in [0.15, 0.2) is 0 Å². The highest BCUT2D eigenvalue weighted by Gasteiger charge is 2.20. The zero-order valence-corrected chi connectivity index (χ0v) is 13.3. The van der Waals surface area contributed by atoms with E-state index in [-0.39, 0.29) is 0 Å². The van der Waals surface area contributed by atoms with Crippen molar-refractivity contribution in [2.45, 2.75) is 20.3 Å². The number of carbonyl (C=O) groups excluding carboxylic acids is 1. The highest BCUT2D eigenvalue weighted by Crippen LogP contribution is 2.35. The van der Waals surface area contributed by atoms with Crippen LogP contribution in [0.5, 0.6) is 5.75 Å². The van der Waals surface area contributed by atoms with E-state index in [0.717, 1.165) is 17.7 Å². The highest BCUT2D eigenvalue weighted by molar-refractivity contribution is 5.92. The number of hydrogen-bond donors (Lipinski definition) is 2. The molecule has 0 aliphatic heterocycles. The summed E-state index contributed by atoms with van der Waals surface area (Å²) in [5.41, 5.74) is 2.94. The van der Waals surface area contributed by atoms with Crippen LogP contribution in [-0.2, 0) is 11.2 Å². The Hall–Kier alpha value is -2.50. The first-order chi connectivity index (χ1) is 10.6. The normalized spacial score (nSPS) is 10.6. The van der Waals surface area contributed by atoms with Crippen molar-refractivity contribution in [2.75, 3.05) is 19.5 Å². The van der Waals surface area contributed by atoms with E-state index in [2.05, 4.69) is 29.4 Å². The molecule has 6 heteroatoms. The smallest absolute Gasteiger partial charge is 0.411 e. The molecule has 1 aromatic carbocycles. The lowest BCUT2D eigenvalue weighted by atomic mass is 10.0. The van der Waals surface area contributed by atoms with Crippen LogP contribution in [0.15, 0.2) is 24.3 Å². The van der Waals surface area contributed by atoms with Crippen LogP contribution < -0.4 is 10.1 Å². The number of carbonyl (C=O) groups is 1. The van der Waals surface area contributed by atoms with Crippen molar-refractivity contribution in [3.8, 4) is 17.0 Å². The predicted octanol–water partition coefficient (Wildman–Crippen LogP) is 3.46. The molecule has 0 radical (unpaired) electrons. The summed E-state index contributed by atoms with van der Waals surface area (Å²) in [6, 6.07) is 7.54. The van der Waals surface area contributed by atoms with E-state index in [1.165, 1.54) is 7.11 Å². The van der Waals surface area contributed by atoms with Crippen LogP contribution in [-0.4, -0.2) is 30.5 Å². The maximum Gasteiger partial charge on any atom is 0.411 e. The van der Waals surface area contributed by atoms with Crippen molar-refractivity contribution in [2.24, 2.45) is 5.92 Å². The van der Waals surface area contributed by atoms with Crippen LogP contribution in [0.1, 0.15) is 19.5 Å². The van der Waals surface area contributed by atoms with Crippen molar-refractivity contribution in [3.63, 3.8) is 0 Å². The largest absolute Gasteiger partial charge is 0.496 e. The Bertz CT molecular complexity index is 650. The number of aromatic nitrogens is 2. The monoisotopic (exact) mass is 303 g/mol. The maximum atomic E-state index is 11.6. The van der Waals surface area contributed by atoms with Gasteiger partial charge < -0.3 is 9.47 Å². The van der Waals surface area contributed by atoms with E-state index >= 15 is 0 Å². The van der Waals surface area contributed by atoms with Gasteiger partial charge in [-0.3, -0.25) is 10.4 Å². The average molecular weight is 303 g/mol. The van der Waals surface area contributed by atoms with E-state index in [1.54, 1.807) is 7.11 Å². The van der Waals surface area contributed by atoms with Crippen LogP contribution in [0.2, 0.25) is 0 Å².